The Balaban J connectivity index is 1.41. The Morgan fingerprint density at radius 2 is 2.11 bits per heavy atom. The third-order valence-corrected chi connectivity index (χ3v) is 6.49. The number of halogens is 1. The van der Waals surface area contributed by atoms with Crippen molar-refractivity contribution in [1.82, 2.24) is 14.9 Å². The first kappa shape index (κ1) is 23.6. The van der Waals surface area contributed by atoms with Crippen LogP contribution in [0.4, 0.5) is 26.4 Å². The van der Waals surface area contributed by atoms with E-state index in [9.17, 15) is 9.59 Å². The lowest BCUT2D eigenvalue weighted by Gasteiger charge is -2.22. The molecule has 11 heteroatoms. The number of carbonyl (C=O) groups is 2. The SMILES string of the molecule is Cc1c(-c2cc3cc(NC(=O)O[C@@H]4CC(=O)N(C(C)C)C4)ncc3c(N)c2F)cnc2c1NCCO2. The molecule has 2 aliphatic rings. The van der Waals surface area contributed by atoms with E-state index in [1.165, 1.54) is 6.20 Å². The molecule has 1 atom stereocenters. The zero-order valence-corrected chi connectivity index (χ0v) is 20.2. The number of hydrogen-bond acceptors (Lipinski definition) is 8. The highest BCUT2D eigenvalue weighted by molar-refractivity contribution is 5.99. The minimum absolute atomic E-state index is 0.0358. The summed E-state index contributed by atoms with van der Waals surface area (Å²) < 4.78 is 26.3. The summed E-state index contributed by atoms with van der Waals surface area (Å²) in [6, 6.07) is 3.28. The summed E-state index contributed by atoms with van der Waals surface area (Å²) in [4.78, 5) is 34.7. The van der Waals surface area contributed by atoms with Crippen LogP contribution in [0, 0.1) is 12.7 Å². The Kier molecular flexibility index (Phi) is 5.99. The van der Waals surface area contributed by atoms with Gasteiger partial charge in [0.05, 0.1) is 18.7 Å². The highest BCUT2D eigenvalue weighted by atomic mass is 19.1. The van der Waals surface area contributed by atoms with Gasteiger partial charge in [0.15, 0.2) is 5.82 Å². The number of nitrogens with two attached hydrogens (primary N) is 1. The van der Waals surface area contributed by atoms with E-state index in [-0.39, 0.29) is 35.4 Å². The maximum Gasteiger partial charge on any atom is 0.413 e. The molecule has 0 radical (unpaired) electrons. The maximum atomic E-state index is 15.3. The Morgan fingerprint density at radius 1 is 1.31 bits per heavy atom. The summed E-state index contributed by atoms with van der Waals surface area (Å²) in [5, 5.41) is 6.83. The molecule has 1 aromatic carbocycles. The molecule has 0 spiro atoms. The van der Waals surface area contributed by atoms with Gasteiger partial charge in [0.1, 0.15) is 24.2 Å². The summed E-state index contributed by atoms with van der Waals surface area (Å²) >= 11 is 0. The van der Waals surface area contributed by atoms with Gasteiger partial charge in [0.25, 0.3) is 0 Å². The van der Waals surface area contributed by atoms with Crippen LogP contribution in [0.5, 0.6) is 5.88 Å². The molecular formula is C25H27FN6O4. The van der Waals surface area contributed by atoms with Crippen LogP contribution < -0.4 is 21.1 Å². The van der Waals surface area contributed by atoms with Gasteiger partial charge in [0, 0.05) is 41.5 Å². The second-order valence-electron chi connectivity index (χ2n) is 9.19. The first-order chi connectivity index (χ1) is 17.2. The molecule has 1 fully saturated rings. The molecule has 2 aromatic heterocycles. The Morgan fingerprint density at radius 3 is 2.86 bits per heavy atom. The molecule has 1 saturated heterocycles. The van der Waals surface area contributed by atoms with Crippen LogP contribution >= 0.6 is 0 Å². The minimum atomic E-state index is -0.721. The van der Waals surface area contributed by atoms with Gasteiger partial charge in [0.2, 0.25) is 11.8 Å². The van der Waals surface area contributed by atoms with Crippen molar-refractivity contribution < 1.29 is 23.5 Å². The molecule has 188 valence electrons. The van der Waals surface area contributed by atoms with Crippen LogP contribution in [0.1, 0.15) is 25.8 Å². The summed E-state index contributed by atoms with van der Waals surface area (Å²) in [5.74, 6) is 0.0631. The summed E-state index contributed by atoms with van der Waals surface area (Å²) in [5.41, 5.74) is 8.44. The Labute approximate surface area is 207 Å². The average Bonchev–Trinajstić information content (AvgIpc) is 3.22. The lowest BCUT2D eigenvalue weighted by atomic mass is 9.97. The summed E-state index contributed by atoms with van der Waals surface area (Å²) in [6.45, 7) is 7.17. The zero-order chi connectivity index (χ0) is 25.6. The Hall–Kier alpha value is -4.15. The molecule has 3 aromatic rings. The van der Waals surface area contributed by atoms with Gasteiger partial charge in [-0.2, -0.15) is 0 Å². The van der Waals surface area contributed by atoms with Gasteiger partial charge >= 0.3 is 6.09 Å². The van der Waals surface area contributed by atoms with E-state index >= 15 is 4.39 Å². The third kappa shape index (κ3) is 4.21. The number of pyridine rings is 2. The van der Waals surface area contributed by atoms with Crippen molar-refractivity contribution in [3.05, 3.63) is 35.9 Å². The van der Waals surface area contributed by atoms with Crippen molar-refractivity contribution in [3.63, 3.8) is 0 Å². The molecule has 4 N–H and O–H groups in total. The van der Waals surface area contributed by atoms with Gasteiger partial charge < -0.3 is 25.4 Å². The molecule has 2 aliphatic heterocycles. The highest BCUT2D eigenvalue weighted by Crippen LogP contribution is 2.39. The highest BCUT2D eigenvalue weighted by Gasteiger charge is 2.33. The van der Waals surface area contributed by atoms with Crippen LogP contribution in [0.15, 0.2) is 24.5 Å². The smallest absolute Gasteiger partial charge is 0.413 e. The average molecular weight is 495 g/mol. The first-order valence-electron chi connectivity index (χ1n) is 11.7. The fraction of sp³-hybridized carbons (Fsp3) is 0.360. The normalized spacial score (nSPS) is 17.1. The molecule has 0 unspecified atom stereocenters. The lowest BCUT2D eigenvalue weighted by Crippen LogP contribution is -2.33. The number of nitrogen functional groups attached to an aromatic ring is 1. The minimum Gasteiger partial charge on any atom is -0.474 e. The van der Waals surface area contributed by atoms with E-state index in [1.54, 1.807) is 23.2 Å². The van der Waals surface area contributed by atoms with Crippen molar-refractivity contribution in [1.29, 1.82) is 0 Å². The molecule has 2 amide bonds. The number of fused-ring (bicyclic) bond motifs is 2. The second-order valence-corrected chi connectivity index (χ2v) is 9.19. The number of rotatable bonds is 4. The molecular weight excluding hydrogens is 467 g/mol. The number of aromatic nitrogens is 2. The number of ether oxygens (including phenoxy) is 2. The van der Waals surface area contributed by atoms with Crippen LogP contribution in [0.25, 0.3) is 21.9 Å². The van der Waals surface area contributed by atoms with Crippen LogP contribution in [-0.2, 0) is 9.53 Å². The fourth-order valence-electron chi connectivity index (χ4n) is 4.62. The zero-order valence-electron chi connectivity index (χ0n) is 20.2. The first-order valence-corrected chi connectivity index (χ1v) is 11.7. The number of benzene rings is 1. The van der Waals surface area contributed by atoms with Gasteiger partial charge in [-0.3, -0.25) is 10.1 Å². The van der Waals surface area contributed by atoms with Crippen LogP contribution in [-0.4, -0.2) is 58.7 Å². The molecule has 36 heavy (non-hydrogen) atoms. The molecule has 0 saturated carbocycles. The molecule has 5 rings (SSSR count). The van der Waals surface area contributed by atoms with E-state index in [2.05, 4.69) is 20.6 Å². The van der Waals surface area contributed by atoms with Gasteiger partial charge in [-0.25, -0.2) is 19.2 Å². The second kappa shape index (κ2) is 9.14. The van der Waals surface area contributed by atoms with Crippen molar-refractivity contribution in [2.24, 2.45) is 0 Å². The third-order valence-electron chi connectivity index (χ3n) is 6.49. The summed E-state index contributed by atoms with van der Waals surface area (Å²) in [7, 11) is 0. The number of hydrogen-bond donors (Lipinski definition) is 3. The number of nitrogens with zero attached hydrogens (tertiary/aromatic N) is 3. The van der Waals surface area contributed by atoms with E-state index in [0.717, 1.165) is 11.3 Å². The largest absolute Gasteiger partial charge is 0.474 e. The quantitative estimate of drug-likeness (QED) is 0.468. The van der Waals surface area contributed by atoms with E-state index < -0.39 is 18.0 Å². The van der Waals surface area contributed by atoms with Crippen molar-refractivity contribution in [2.75, 3.05) is 36.1 Å². The number of likely N-dealkylation sites (tertiary alicyclic amines) is 1. The molecule has 0 bridgehead atoms. The summed E-state index contributed by atoms with van der Waals surface area (Å²) in [6.07, 6.45) is 1.85. The fourth-order valence-corrected chi connectivity index (χ4v) is 4.62. The van der Waals surface area contributed by atoms with Gasteiger partial charge in [-0.15, -0.1) is 0 Å². The topological polar surface area (TPSA) is 132 Å². The van der Waals surface area contributed by atoms with Crippen LogP contribution in [0.2, 0.25) is 0 Å². The monoisotopic (exact) mass is 494 g/mol. The van der Waals surface area contributed by atoms with Crippen LogP contribution in [0.3, 0.4) is 0 Å². The molecule has 10 nitrogen and oxygen atoms in total. The maximum absolute atomic E-state index is 15.3. The standard InChI is InChI=1S/C25H27FN6O4/c1-12(2)32-11-15(8-20(32)33)36-25(34)31-19-7-14-6-16(21(26)22(27)18(14)10-29-19)17-9-30-24-23(13(17)3)28-4-5-35-24/h6-7,9-10,12,15,28H,4-5,8,11,27H2,1-3H3,(H,29,31,34)/t15-/m1/s1. The van der Waals surface area contributed by atoms with Crippen molar-refractivity contribution in [3.8, 4) is 17.0 Å². The number of amides is 2. The van der Waals surface area contributed by atoms with Gasteiger partial charge in [-0.05, 0) is 43.9 Å². The Bertz CT molecular complexity index is 1380. The predicted octanol–water partition coefficient (Wildman–Crippen LogP) is 3.69. The van der Waals surface area contributed by atoms with Crippen molar-refractivity contribution in [2.45, 2.75) is 39.3 Å². The predicted molar refractivity (Wildman–Crippen MR) is 133 cm³/mol. The van der Waals surface area contributed by atoms with E-state index in [4.69, 9.17) is 15.2 Å². The number of anilines is 3. The number of nitrogens with one attached hydrogen (secondary N) is 2. The number of carbonyl (C=O) groups excluding carboxylic acids is 2. The lowest BCUT2D eigenvalue weighted by molar-refractivity contribution is -0.129. The van der Waals surface area contributed by atoms with E-state index in [0.29, 0.717) is 41.9 Å². The van der Waals surface area contributed by atoms with Gasteiger partial charge in [-0.1, -0.05) is 0 Å². The van der Waals surface area contributed by atoms with Crippen molar-refractivity contribution >= 4 is 40.0 Å². The van der Waals surface area contributed by atoms with E-state index in [1.807, 2.05) is 20.8 Å². The molecule has 4 heterocycles. The molecule has 0 aliphatic carbocycles.